The highest BCUT2D eigenvalue weighted by Crippen LogP contribution is 2.86. The van der Waals surface area contributed by atoms with Crippen LogP contribution in [0, 0.1) is 0 Å². The highest BCUT2D eigenvalue weighted by Gasteiger charge is 2.84. The Balaban J connectivity index is 1.77. The fourth-order valence-corrected chi connectivity index (χ4v) is 6.78. The molecule has 0 saturated heterocycles. The van der Waals surface area contributed by atoms with Gasteiger partial charge in [-0.05, 0) is 34.7 Å². The van der Waals surface area contributed by atoms with E-state index in [1.54, 1.807) is 0 Å². The van der Waals surface area contributed by atoms with Crippen molar-refractivity contribution >= 4 is 0 Å². The van der Waals surface area contributed by atoms with Crippen molar-refractivity contribution in [1.82, 2.24) is 0 Å². The Labute approximate surface area is 189 Å². The summed E-state index contributed by atoms with van der Waals surface area (Å²) in [5.74, 6) is -0.242. The Morgan fingerprint density at radius 1 is 0.710 bits per heavy atom. The van der Waals surface area contributed by atoms with E-state index >= 15 is 0 Å². The fourth-order valence-electron chi connectivity index (χ4n) is 6.78. The lowest BCUT2D eigenvalue weighted by Crippen LogP contribution is -2.23. The van der Waals surface area contributed by atoms with Crippen LogP contribution in [0.15, 0.2) is 127 Å². The van der Waals surface area contributed by atoms with Crippen molar-refractivity contribution < 1.29 is 4.11 Å². The fraction of sp³-hybridized carbons (Fsp3) is 0.161. The first-order chi connectivity index (χ1) is 16.4. The monoisotopic (exact) mass is 401 g/mol. The van der Waals surface area contributed by atoms with Gasteiger partial charge < -0.3 is 0 Å². The largest absolute Gasteiger partial charge is 0.0995 e. The first-order valence-corrected chi connectivity index (χ1v) is 10.9. The predicted molar refractivity (Wildman–Crippen MR) is 129 cm³/mol. The van der Waals surface area contributed by atoms with E-state index < -0.39 is 12.3 Å². The molecule has 2 aliphatic rings. The molecule has 0 aliphatic heterocycles. The molecule has 2 aliphatic carbocycles. The molecule has 0 nitrogen and oxygen atoms in total. The summed E-state index contributed by atoms with van der Waals surface area (Å²) in [5, 5.41) is 0. The third kappa shape index (κ3) is 2.15. The van der Waals surface area contributed by atoms with Crippen LogP contribution in [0.3, 0.4) is 0 Å². The summed E-state index contributed by atoms with van der Waals surface area (Å²) in [7, 11) is 0. The summed E-state index contributed by atoms with van der Waals surface area (Å²) in [6.45, 7) is 1.99. The highest BCUT2D eigenvalue weighted by molar-refractivity contribution is 5.76. The molecule has 1 saturated carbocycles. The maximum Gasteiger partial charge on any atom is 0.0395 e. The second-order valence-corrected chi connectivity index (χ2v) is 8.80. The van der Waals surface area contributed by atoms with Gasteiger partial charge in [0.1, 0.15) is 0 Å². The molecule has 4 atom stereocenters. The smallest absolute Gasteiger partial charge is 0.0395 e. The maximum atomic E-state index is 8.37. The molecule has 0 amide bonds. The van der Waals surface area contributed by atoms with Gasteiger partial charge in [0.05, 0.1) is 0 Å². The molecule has 6 rings (SSSR count). The summed E-state index contributed by atoms with van der Waals surface area (Å²) in [6, 6.07) is 40.2. The highest BCUT2D eigenvalue weighted by atomic mass is 14.8. The minimum absolute atomic E-state index is 0.0880. The molecule has 0 spiro atoms. The summed E-state index contributed by atoms with van der Waals surface area (Å²) >= 11 is 0. The van der Waals surface area contributed by atoms with Crippen molar-refractivity contribution in [3.8, 4) is 0 Å². The average Bonchev–Trinajstić information content (AvgIpc) is 3.42. The Morgan fingerprint density at radius 3 is 1.90 bits per heavy atom. The van der Waals surface area contributed by atoms with Crippen LogP contribution in [0.1, 0.15) is 50.6 Å². The lowest BCUT2D eigenvalue weighted by Gasteiger charge is -2.28. The zero-order valence-electron chi connectivity index (χ0n) is 20.3. The van der Waals surface area contributed by atoms with Crippen LogP contribution < -0.4 is 0 Å². The number of benzene rings is 4. The number of fused-ring (bicyclic) bond motifs is 3. The van der Waals surface area contributed by atoms with Gasteiger partial charge in [-0.2, -0.15) is 0 Å². The van der Waals surface area contributed by atoms with E-state index in [9.17, 15) is 0 Å². The first-order valence-electron chi connectivity index (χ1n) is 12.4. The third-order valence-corrected chi connectivity index (χ3v) is 7.57. The van der Waals surface area contributed by atoms with Crippen LogP contribution in [0.25, 0.3) is 0 Å². The van der Waals surface area contributed by atoms with Gasteiger partial charge in [0.2, 0.25) is 0 Å². The minimum Gasteiger partial charge on any atom is -0.0995 e. The molecule has 31 heavy (non-hydrogen) atoms. The molecule has 0 N–H and O–H groups in total. The number of hydrogen-bond donors (Lipinski definition) is 0. The molecule has 0 aromatic heterocycles. The van der Waals surface area contributed by atoms with Gasteiger partial charge in [-0.1, -0.05) is 127 Å². The van der Waals surface area contributed by atoms with E-state index in [2.05, 4.69) is 97.6 Å². The van der Waals surface area contributed by atoms with Crippen molar-refractivity contribution in [2.45, 2.75) is 29.5 Å². The summed E-state index contributed by atoms with van der Waals surface area (Å²) in [4.78, 5) is 0. The number of allylic oxidation sites excluding steroid dienone is 1. The lowest BCUT2D eigenvalue weighted by atomic mass is 9.74. The van der Waals surface area contributed by atoms with E-state index in [1.165, 1.54) is 22.3 Å². The summed E-state index contributed by atoms with van der Waals surface area (Å²) in [6.07, 6.45) is 0. The van der Waals surface area contributed by atoms with Gasteiger partial charge in [-0.3, -0.25) is 0 Å². The third-order valence-electron chi connectivity index (χ3n) is 7.57. The van der Waals surface area contributed by atoms with Crippen LogP contribution >= 0.6 is 0 Å². The van der Waals surface area contributed by atoms with Crippen LogP contribution in [0.5, 0.6) is 0 Å². The normalized spacial score (nSPS) is 29.7. The lowest BCUT2D eigenvalue weighted by molar-refractivity contribution is 0.559. The molecule has 4 aromatic carbocycles. The molecule has 0 heterocycles. The Bertz CT molecular complexity index is 1360. The zero-order chi connectivity index (χ0) is 23.6. The van der Waals surface area contributed by atoms with Gasteiger partial charge in [0, 0.05) is 26.8 Å². The predicted octanol–water partition coefficient (Wildman–Crippen LogP) is 7.38. The molecule has 0 unspecified atom stereocenters. The van der Waals surface area contributed by atoms with Crippen LogP contribution in [-0.4, -0.2) is 0 Å². The molecule has 4 aromatic rings. The Hall–Kier alpha value is -3.38. The van der Waals surface area contributed by atoms with E-state index in [1.807, 2.05) is 24.3 Å². The van der Waals surface area contributed by atoms with Gasteiger partial charge in [-0.25, -0.2) is 0 Å². The van der Waals surface area contributed by atoms with E-state index in [0.29, 0.717) is 5.57 Å². The van der Waals surface area contributed by atoms with Gasteiger partial charge in [0.25, 0.3) is 0 Å². The molecule has 0 radical (unpaired) electrons. The zero-order valence-corrected chi connectivity index (χ0v) is 17.3. The summed E-state index contributed by atoms with van der Waals surface area (Å²) in [5.41, 5.74) is 5.38. The van der Waals surface area contributed by atoms with Crippen molar-refractivity contribution in [3.05, 3.63) is 155 Å². The van der Waals surface area contributed by atoms with Crippen molar-refractivity contribution in [2.24, 2.45) is 0 Å². The summed E-state index contributed by atoms with van der Waals surface area (Å²) < 4.78 is 25.1. The van der Waals surface area contributed by atoms with Crippen molar-refractivity contribution in [3.63, 3.8) is 0 Å². The Morgan fingerprint density at radius 2 is 1.26 bits per heavy atom. The van der Waals surface area contributed by atoms with Crippen LogP contribution in [-0.2, 0) is 10.8 Å². The molecule has 0 heteroatoms. The maximum absolute atomic E-state index is 8.37. The van der Waals surface area contributed by atoms with E-state index in [-0.39, 0.29) is 17.3 Å². The quantitative estimate of drug-likeness (QED) is 0.313. The SMILES string of the molecule is [2H]C([2H])([2H])C(=C)[C@H]1c2ccccc2[C@]2(c3ccccc3)[C@H](c3ccccc3)[C@]12c1ccccc1. The molecule has 0 bridgehead atoms. The van der Waals surface area contributed by atoms with E-state index in [0.717, 1.165) is 5.56 Å². The van der Waals surface area contributed by atoms with E-state index in [4.69, 9.17) is 4.11 Å². The van der Waals surface area contributed by atoms with Gasteiger partial charge in [0.15, 0.2) is 0 Å². The molecular weight excluding hydrogens is 372 g/mol. The Kier molecular flexibility index (Phi) is 3.26. The number of hydrogen-bond acceptors (Lipinski definition) is 0. The molecular formula is C31H26. The topological polar surface area (TPSA) is 0 Å². The standard InChI is InChI=1S/C31H26/c1-22(2)28-26-20-12-13-21-27(26)30(24-16-8-4-9-17-24)29(23-14-6-3-7-15-23)31(28,30)25-18-10-5-11-19-25/h3-21,28-29H,1H2,2H3/t28-,29-,30+,31-/m0/s1/i2D3. The van der Waals surface area contributed by atoms with Gasteiger partial charge >= 0.3 is 0 Å². The second-order valence-electron chi connectivity index (χ2n) is 8.80. The minimum atomic E-state index is -2.25. The number of rotatable bonds is 4. The molecule has 150 valence electrons. The van der Waals surface area contributed by atoms with Gasteiger partial charge in [-0.15, -0.1) is 0 Å². The average molecular weight is 402 g/mol. The molecule has 1 fully saturated rings. The van der Waals surface area contributed by atoms with Crippen LogP contribution in [0.4, 0.5) is 0 Å². The second kappa shape index (κ2) is 6.56. The first kappa shape index (κ1) is 15.4. The van der Waals surface area contributed by atoms with Crippen LogP contribution in [0.2, 0.25) is 0 Å². The van der Waals surface area contributed by atoms with Crippen molar-refractivity contribution in [2.75, 3.05) is 0 Å². The van der Waals surface area contributed by atoms with Crippen molar-refractivity contribution in [1.29, 1.82) is 0 Å².